The van der Waals surface area contributed by atoms with Crippen molar-refractivity contribution in [2.75, 3.05) is 33.8 Å². The van der Waals surface area contributed by atoms with Crippen LogP contribution in [0.15, 0.2) is 48.0 Å². The van der Waals surface area contributed by atoms with Gasteiger partial charge in [-0.1, -0.05) is 6.07 Å². The molecule has 0 amide bonds. The van der Waals surface area contributed by atoms with Crippen LogP contribution in [0.3, 0.4) is 0 Å². The van der Waals surface area contributed by atoms with Crippen LogP contribution in [-0.2, 0) is 20.4 Å². The molecule has 2 aromatic rings. The van der Waals surface area contributed by atoms with E-state index in [2.05, 4.69) is 5.32 Å². The van der Waals surface area contributed by atoms with Crippen LogP contribution >= 0.6 is 0 Å². The fourth-order valence-electron chi connectivity index (χ4n) is 2.86. The molecular formula is C23H27NO7S. The van der Waals surface area contributed by atoms with E-state index in [-0.39, 0.29) is 11.5 Å². The largest absolute Gasteiger partial charge is 0.496 e. The number of hydrogen-bond donors (Lipinski definition) is 1. The van der Waals surface area contributed by atoms with Gasteiger partial charge in [-0.05, 0) is 36.8 Å². The average molecular weight is 462 g/mol. The Morgan fingerprint density at radius 1 is 0.938 bits per heavy atom. The molecule has 32 heavy (non-hydrogen) atoms. The minimum Gasteiger partial charge on any atom is -0.496 e. The van der Waals surface area contributed by atoms with Crippen molar-refractivity contribution in [3.63, 3.8) is 0 Å². The Bertz CT molecular complexity index is 1100. The van der Waals surface area contributed by atoms with Crippen molar-refractivity contribution in [3.05, 3.63) is 59.1 Å². The molecule has 8 nitrogen and oxygen atoms in total. The highest BCUT2D eigenvalue weighted by Gasteiger charge is 2.14. The molecule has 0 aromatic heterocycles. The van der Waals surface area contributed by atoms with Crippen molar-refractivity contribution in [1.82, 2.24) is 0 Å². The second kappa shape index (κ2) is 11.2. The molecular weight excluding hydrogens is 434 g/mol. The molecule has 0 spiro atoms. The summed E-state index contributed by atoms with van der Waals surface area (Å²) < 4.78 is 46.7. The zero-order valence-electron chi connectivity index (χ0n) is 18.7. The molecule has 0 saturated heterocycles. The zero-order chi connectivity index (χ0) is 23.7. The molecule has 0 aliphatic heterocycles. The standard InChI is InChI=1S/C23H27NO7S/c1-16(25)8-10-24-20-12-17(6-7-21(20)29-3)15-32(26,27)11-9-19-22(30-4)13-18(28-2)14-23(19)31-5/h6-14,24H,15H2,1-5H3/b10-8-,11-9+. The number of methoxy groups -OCH3 is 4. The fourth-order valence-corrected chi connectivity index (χ4v) is 3.94. The predicted molar refractivity (Wildman–Crippen MR) is 124 cm³/mol. The van der Waals surface area contributed by atoms with Gasteiger partial charge in [-0.3, -0.25) is 4.79 Å². The predicted octanol–water partition coefficient (Wildman–Crippen LogP) is 3.82. The quantitative estimate of drug-likeness (QED) is 0.504. The maximum absolute atomic E-state index is 12.8. The van der Waals surface area contributed by atoms with Crippen LogP contribution in [0.5, 0.6) is 23.0 Å². The van der Waals surface area contributed by atoms with Gasteiger partial charge in [-0.2, -0.15) is 0 Å². The van der Waals surface area contributed by atoms with Gasteiger partial charge in [0.1, 0.15) is 23.0 Å². The second-order valence-corrected chi connectivity index (χ2v) is 8.57. The van der Waals surface area contributed by atoms with Crippen LogP contribution < -0.4 is 24.3 Å². The minimum atomic E-state index is -3.63. The van der Waals surface area contributed by atoms with E-state index in [0.717, 1.165) is 5.41 Å². The summed E-state index contributed by atoms with van der Waals surface area (Å²) in [6.45, 7) is 1.43. The maximum atomic E-state index is 12.8. The van der Waals surface area contributed by atoms with Crippen LogP contribution in [-0.4, -0.2) is 42.6 Å². The molecule has 0 radical (unpaired) electrons. The smallest absolute Gasteiger partial charge is 0.175 e. The van der Waals surface area contributed by atoms with E-state index in [4.69, 9.17) is 18.9 Å². The van der Waals surface area contributed by atoms with E-state index in [9.17, 15) is 13.2 Å². The summed E-state index contributed by atoms with van der Waals surface area (Å²) in [4.78, 5) is 11.1. The monoisotopic (exact) mass is 461 g/mol. The first kappa shape index (κ1) is 24.8. The Morgan fingerprint density at radius 2 is 1.56 bits per heavy atom. The van der Waals surface area contributed by atoms with Crippen LogP contribution in [0.2, 0.25) is 0 Å². The van der Waals surface area contributed by atoms with Gasteiger partial charge in [0.2, 0.25) is 0 Å². The van der Waals surface area contributed by atoms with Crippen molar-refractivity contribution < 1.29 is 32.2 Å². The van der Waals surface area contributed by atoms with Crippen molar-refractivity contribution in [1.29, 1.82) is 0 Å². The SMILES string of the molecule is COc1cc(OC)c(/C=C/S(=O)(=O)Cc2ccc(OC)c(N/C=C\C(C)=O)c2)c(OC)c1. The van der Waals surface area contributed by atoms with Crippen LogP contribution in [0.25, 0.3) is 6.08 Å². The topological polar surface area (TPSA) is 100 Å². The lowest BCUT2D eigenvalue weighted by Gasteiger charge is -2.12. The molecule has 0 bridgehead atoms. The van der Waals surface area contributed by atoms with E-state index >= 15 is 0 Å². The highest BCUT2D eigenvalue weighted by atomic mass is 32.2. The molecule has 0 heterocycles. The summed E-state index contributed by atoms with van der Waals surface area (Å²) in [7, 11) is 2.34. The Kier molecular flexibility index (Phi) is 8.71. The van der Waals surface area contributed by atoms with Gasteiger partial charge >= 0.3 is 0 Å². The van der Waals surface area contributed by atoms with E-state index < -0.39 is 9.84 Å². The number of benzene rings is 2. The van der Waals surface area contributed by atoms with Crippen molar-refractivity contribution in [3.8, 4) is 23.0 Å². The lowest BCUT2D eigenvalue weighted by atomic mass is 10.1. The Balaban J connectivity index is 2.31. The number of carbonyl (C=O) groups is 1. The fraction of sp³-hybridized carbons (Fsp3) is 0.261. The number of hydrogen-bond acceptors (Lipinski definition) is 8. The molecule has 0 fully saturated rings. The summed E-state index contributed by atoms with van der Waals surface area (Å²) in [5, 5.41) is 4.05. The Morgan fingerprint density at radius 3 is 2.09 bits per heavy atom. The number of allylic oxidation sites excluding steroid dienone is 1. The number of ether oxygens (including phenoxy) is 4. The second-order valence-electron chi connectivity index (χ2n) is 6.68. The van der Waals surface area contributed by atoms with E-state index in [1.807, 2.05) is 0 Å². The highest BCUT2D eigenvalue weighted by Crippen LogP contribution is 2.35. The van der Waals surface area contributed by atoms with E-state index in [1.165, 1.54) is 53.7 Å². The lowest BCUT2D eigenvalue weighted by Crippen LogP contribution is -2.02. The van der Waals surface area contributed by atoms with Gasteiger partial charge in [0.15, 0.2) is 15.6 Å². The summed E-state index contributed by atoms with van der Waals surface area (Å²) in [6, 6.07) is 8.27. The summed E-state index contributed by atoms with van der Waals surface area (Å²) in [6.07, 6.45) is 4.27. The average Bonchev–Trinajstić information content (AvgIpc) is 2.76. The molecule has 9 heteroatoms. The first-order valence-electron chi connectivity index (χ1n) is 9.54. The maximum Gasteiger partial charge on any atom is 0.175 e. The van der Waals surface area contributed by atoms with Crippen LogP contribution in [0.4, 0.5) is 5.69 Å². The molecule has 0 aliphatic rings. The number of rotatable bonds is 11. The number of carbonyl (C=O) groups excluding carboxylic acids is 1. The van der Waals surface area contributed by atoms with Gasteiger partial charge in [0.25, 0.3) is 0 Å². The highest BCUT2D eigenvalue weighted by molar-refractivity contribution is 7.93. The van der Waals surface area contributed by atoms with Gasteiger partial charge in [-0.25, -0.2) is 8.42 Å². The van der Waals surface area contributed by atoms with Crippen molar-refractivity contribution in [2.24, 2.45) is 0 Å². The zero-order valence-corrected chi connectivity index (χ0v) is 19.5. The summed E-state index contributed by atoms with van der Waals surface area (Å²) in [5.74, 6) is 1.52. The third-order valence-corrected chi connectivity index (χ3v) is 5.67. The number of ketones is 1. The van der Waals surface area contributed by atoms with Gasteiger partial charge < -0.3 is 24.3 Å². The van der Waals surface area contributed by atoms with Crippen LogP contribution in [0.1, 0.15) is 18.1 Å². The first-order chi connectivity index (χ1) is 15.2. The van der Waals surface area contributed by atoms with E-state index in [1.54, 1.807) is 30.3 Å². The third kappa shape index (κ3) is 6.78. The summed E-state index contributed by atoms with van der Waals surface area (Å²) >= 11 is 0. The first-order valence-corrected chi connectivity index (χ1v) is 11.3. The molecule has 1 N–H and O–H groups in total. The molecule has 0 atom stereocenters. The molecule has 0 unspecified atom stereocenters. The van der Waals surface area contributed by atoms with Gasteiger partial charge in [0, 0.05) is 23.7 Å². The normalized spacial score (nSPS) is 11.5. The van der Waals surface area contributed by atoms with Gasteiger partial charge in [0.05, 0.1) is 45.4 Å². The Hall–Kier alpha value is -3.46. The molecule has 2 rings (SSSR count). The summed E-state index contributed by atoms with van der Waals surface area (Å²) in [5.41, 5.74) is 1.56. The number of sulfone groups is 1. The van der Waals surface area contributed by atoms with Crippen molar-refractivity contribution >= 4 is 27.4 Å². The minimum absolute atomic E-state index is 0.121. The molecule has 172 valence electrons. The van der Waals surface area contributed by atoms with Gasteiger partial charge in [-0.15, -0.1) is 0 Å². The molecule has 0 aliphatic carbocycles. The van der Waals surface area contributed by atoms with E-state index in [0.29, 0.717) is 39.8 Å². The lowest BCUT2D eigenvalue weighted by molar-refractivity contribution is -0.112. The van der Waals surface area contributed by atoms with Crippen molar-refractivity contribution in [2.45, 2.75) is 12.7 Å². The third-order valence-electron chi connectivity index (χ3n) is 4.38. The molecule has 2 aromatic carbocycles. The number of nitrogens with one attached hydrogen (secondary N) is 1. The molecule has 0 saturated carbocycles. The number of anilines is 1. The van der Waals surface area contributed by atoms with Crippen LogP contribution in [0, 0.1) is 0 Å². The Labute approximate surface area is 188 Å².